The molecule has 0 amide bonds. The fraction of sp³-hybridized carbons (Fsp3) is 0.217. The highest BCUT2D eigenvalue weighted by molar-refractivity contribution is 9.10. The number of benzene rings is 1. The van der Waals surface area contributed by atoms with E-state index in [1.165, 1.54) is 24.4 Å². The number of hydrogen-bond acceptors (Lipinski definition) is 7. The van der Waals surface area contributed by atoms with Crippen molar-refractivity contribution in [3.63, 3.8) is 0 Å². The van der Waals surface area contributed by atoms with Crippen LogP contribution in [0.4, 0.5) is 10.2 Å². The number of aryl methyl sites for hydroxylation is 1. The minimum absolute atomic E-state index is 0.0538. The van der Waals surface area contributed by atoms with Crippen molar-refractivity contribution in [2.75, 3.05) is 0 Å². The van der Waals surface area contributed by atoms with Gasteiger partial charge >= 0.3 is 5.82 Å². The molecule has 4 rings (SSSR count). The molecular weight excluding hydrogens is 521 g/mol. The maximum absolute atomic E-state index is 14.3. The third-order valence-electron chi connectivity index (χ3n) is 5.26. The zero-order chi connectivity index (χ0) is 25.1. The maximum atomic E-state index is 14.3. The van der Waals surface area contributed by atoms with Crippen molar-refractivity contribution in [2.45, 2.75) is 32.9 Å². The smallest absolute Gasteiger partial charge is 0.406 e. The van der Waals surface area contributed by atoms with Crippen LogP contribution >= 0.6 is 15.9 Å². The molecule has 0 fully saturated rings. The predicted molar refractivity (Wildman–Crippen MR) is 127 cm³/mol. The van der Waals surface area contributed by atoms with Crippen molar-refractivity contribution in [1.29, 1.82) is 5.26 Å². The van der Waals surface area contributed by atoms with Crippen LogP contribution in [0.5, 0.6) is 5.75 Å². The van der Waals surface area contributed by atoms with Gasteiger partial charge in [0.2, 0.25) is 5.75 Å². The Hall–Kier alpha value is -4.11. The molecule has 0 radical (unpaired) electrons. The molecule has 4 aromatic rings. The summed E-state index contributed by atoms with van der Waals surface area (Å²) in [6.07, 6.45) is 2.52. The molecule has 0 N–H and O–H groups in total. The highest BCUT2D eigenvalue weighted by Gasteiger charge is 2.23. The summed E-state index contributed by atoms with van der Waals surface area (Å²) >= 11 is 3.24. The number of pyridine rings is 1. The minimum atomic E-state index is -0.781. The van der Waals surface area contributed by atoms with Crippen molar-refractivity contribution in [3.8, 4) is 17.5 Å². The molecule has 0 bridgehead atoms. The molecule has 3 heterocycles. The number of rotatable bonds is 8. The van der Waals surface area contributed by atoms with E-state index < -0.39 is 22.7 Å². The molecule has 0 saturated heterocycles. The lowest BCUT2D eigenvalue weighted by molar-refractivity contribution is -0.390. The van der Waals surface area contributed by atoms with E-state index in [1.54, 1.807) is 40.7 Å². The third kappa shape index (κ3) is 5.04. The predicted octanol–water partition coefficient (Wildman–Crippen LogP) is 4.90. The van der Waals surface area contributed by atoms with Gasteiger partial charge in [0, 0.05) is 30.8 Å². The van der Waals surface area contributed by atoms with Crippen LogP contribution in [0.2, 0.25) is 0 Å². The van der Waals surface area contributed by atoms with E-state index in [0.29, 0.717) is 40.1 Å². The number of nitriles is 1. The molecule has 178 valence electrons. The van der Waals surface area contributed by atoms with E-state index in [1.807, 2.05) is 6.92 Å². The van der Waals surface area contributed by atoms with Gasteiger partial charge < -0.3 is 14.9 Å². The molecule has 0 unspecified atom stereocenters. The van der Waals surface area contributed by atoms with Crippen LogP contribution in [-0.2, 0) is 13.0 Å². The first-order valence-corrected chi connectivity index (χ1v) is 11.4. The van der Waals surface area contributed by atoms with Crippen LogP contribution in [0.15, 0.2) is 53.3 Å². The van der Waals surface area contributed by atoms with E-state index in [0.717, 1.165) is 5.69 Å². The third-order valence-corrected chi connectivity index (χ3v) is 5.69. The standard InChI is InChI=1S/C23H19BrFN7O3/c1-3-30-19(12-26)11-17(29-30)10-18-6-7-28-31(18)21-5-4-16(25)9-20(21)14(2)35-22-8-15(24)13-27-23(22)32(33)34/h4-9,11,13-14H,3,10H2,1-2H3/t14-/m1/s1. The first-order valence-electron chi connectivity index (χ1n) is 10.6. The van der Waals surface area contributed by atoms with Crippen molar-refractivity contribution in [2.24, 2.45) is 0 Å². The topological polar surface area (TPSA) is 125 Å². The van der Waals surface area contributed by atoms with Crippen LogP contribution in [0.1, 0.15) is 42.6 Å². The number of nitrogens with zero attached hydrogens (tertiary/aromatic N) is 7. The molecule has 12 heteroatoms. The normalized spacial score (nSPS) is 11.7. The summed E-state index contributed by atoms with van der Waals surface area (Å²) in [5.74, 6) is -0.991. The van der Waals surface area contributed by atoms with E-state index in [2.05, 4.69) is 37.2 Å². The van der Waals surface area contributed by atoms with Gasteiger partial charge in [-0.3, -0.25) is 4.68 Å². The molecule has 1 aromatic carbocycles. The summed E-state index contributed by atoms with van der Waals surface area (Å²) in [6.45, 7) is 4.13. The van der Waals surface area contributed by atoms with E-state index in [9.17, 15) is 19.8 Å². The number of aromatic nitrogens is 5. The van der Waals surface area contributed by atoms with Crippen LogP contribution in [-0.4, -0.2) is 29.5 Å². The fourth-order valence-corrected chi connectivity index (χ4v) is 4.00. The second-order valence-electron chi connectivity index (χ2n) is 7.56. The first-order chi connectivity index (χ1) is 16.8. The molecule has 0 spiro atoms. The Bertz CT molecular complexity index is 1440. The average molecular weight is 540 g/mol. The summed E-state index contributed by atoms with van der Waals surface area (Å²) in [7, 11) is 0. The lowest BCUT2D eigenvalue weighted by atomic mass is 10.1. The quantitative estimate of drug-likeness (QED) is 0.230. The van der Waals surface area contributed by atoms with Gasteiger partial charge in [-0.05, 0) is 70.0 Å². The highest BCUT2D eigenvalue weighted by Crippen LogP contribution is 2.33. The number of ether oxygens (including phenoxy) is 1. The lowest BCUT2D eigenvalue weighted by Gasteiger charge is -2.19. The van der Waals surface area contributed by atoms with Crippen LogP contribution < -0.4 is 4.74 Å². The molecule has 0 aliphatic carbocycles. The molecule has 1 atom stereocenters. The Kier molecular flexibility index (Phi) is 6.88. The minimum Gasteiger partial charge on any atom is -0.478 e. The molecule has 0 saturated carbocycles. The van der Waals surface area contributed by atoms with Crippen LogP contribution in [0.25, 0.3) is 5.69 Å². The van der Waals surface area contributed by atoms with Gasteiger partial charge in [0.25, 0.3) is 0 Å². The Labute approximate surface area is 207 Å². The lowest BCUT2D eigenvalue weighted by Crippen LogP contribution is -2.12. The monoisotopic (exact) mass is 539 g/mol. The van der Waals surface area contributed by atoms with Crippen molar-refractivity contribution >= 4 is 21.7 Å². The van der Waals surface area contributed by atoms with Gasteiger partial charge in [-0.25, -0.2) is 9.07 Å². The van der Waals surface area contributed by atoms with Gasteiger partial charge in [0.1, 0.15) is 23.7 Å². The average Bonchev–Trinajstić information content (AvgIpc) is 3.45. The zero-order valence-corrected chi connectivity index (χ0v) is 20.3. The second-order valence-corrected chi connectivity index (χ2v) is 8.47. The Morgan fingerprint density at radius 3 is 2.80 bits per heavy atom. The fourth-order valence-electron chi connectivity index (χ4n) is 3.69. The molecule has 10 nitrogen and oxygen atoms in total. The van der Waals surface area contributed by atoms with Gasteiger partial charge in [0.05, 0.1) is 21.5 Å². The maximum Gasteiger partial charge on any atom is 0.406 e. The molecule has 3 aromatic heterocycles. The van der Waals surface area contributed by atoms with Crippen LogP contribution in [0.3, 0.4) is 0 Å². The Balaban J connectivity index is 1.70. The van der Waals surface area contributed by atoms with E-state index in [4.69, 9.17) is 4.74 Å². The van der Waals surface area contributed by atoms with Gasteiger partial charge in [-0.1, -0.05) is 0 Å². The summed E-state index contributed by atoms with van der Waals surface area (Å²) in [4.78, 5) is 14.6. The summed E-state index contributed by atoms with van der Waals surface area (Å²) in [6, 6.07) is 11.3. The molecule has 0 aliphatic heterocycles. The number of halogens is 2. The summed E-state index contributed by atoms with van der Waals surface area (Å²) < 4.78 is 23.9. The van der Waals surface area contributed by atoms with Gasteiger partial charge in [0.15, 0.2) is 6.20 Å². The van der Waals surface area contributed by atoms with Crippen molar-refractivity contribution < 1.29 is 14.1 Å². The SMILES string of the molecule is CCn1nc(Cc2ccnn2-c2ccc(F)cc2[C@@H](C)Oc2cc(Br)cnc2[N+](=O)[O-])cc1C#N. The van der Waals surface area contributed by atoms with Gasteiger partial charge in [-0.15, -0.1) is 0 Å². The molecule has 35 heavy (non-hydrogen) atoms. The van der Waals surface area contributed by atoms with Crippen molar-refractivity contribution in [1.82, 2.24) is 24.5 Å². The summed E-state index contributed by atoms with van der Waals surface area (Å²) in [5, 5.41) is 29.6. The Morgan fingerprint density at radius 1 is 1.31 bits per heavy atom. The van der Waals surface area contributed by atoms with E-state index >= 15 is 0 Å². The van der Waals surface area contributed by atoms with Crippen molar-refractivity contribution in [3.05, 3.63) is 91.8 Å². The van der Waals surface area contributed by atoms with Gasteiger partial charge in [-0.2, -0.15) is 15.5 Å². The number of nitro groups is 1. The highest BCUT2D eigenvalue weighted by atomic mass is 79.9. The molecular formula is C23H19BrFN7O3. The van der Waals surface area contributed by atoms with E-state index in [-0.39, 0.29) is 5.75 Å². The van der Waals surface area contributed by atoms with Crippen LogP contribution in [0, 0.1) is 27.3 Å². The summed E-state index contributed by atoms with van der Waals surface area (Å²) in [5.41, 5.74) is 2.88. The first kappa shape index (κ1) is 24.0. The molecule has 0 aliphatic rings. The number of hydrogen-bond donors (Lipinski definition) is 0. The zero-order valence-electron chi connectivity index (χ0n) is 18.7. The largest absolute Gasteiger partial charge is 0.478 e. The Morgan fingerprint density at radius 2 is 2.11 bits per heavy atom. The second kappa shape index (κ2) is 10.0.